The van der Waals surface area contributed by atoms with Gasteiger partial charge >= 0.3 is 0 Å². The number of amides is 1. The molecule has 0 heterocycles. The van der Waals surface area contributed by atoms with Crippen LogP contribution in [0.25, 0.3) is 0 Å². The van der Waals surface area contributed by atoms with E-state index in [-0.39, 0.29) is 5.91 Å². The summed E-state index contributed by atoms with van der Waals surface area (Å²) in [6.07, 6.45) is 6.47. The number of carbonyl (C=O) groups is 1. The summed E-state index contributed by atoms with van der Waals surface area (Å²) in [7, 11) is 0. The zero-order chi connectivity index (χ0) is 13.4. The van der Waals surface area contributed by atoms with Crippen LogP contribution in [0.2, 0.25) is 0 Å². The van der Waals surface area contributed by atoms with Gasteiger partial charge in [-0.25, -0.2) is 0 Å². The molecule has 18 heavy (non-hydrogen) atoms. The van der Waals surface area contributed by atoms with Crippen LogP contribution in [-0.4, -0.2) is 36.0 Å². The van der Waals surface area contributed by atoms with Crippen LogP contribution in [-0.2, 0) is 4.79 Å². The first-order chi connectivity index (χ1) is 8.63. The van der Waals surface area contributed by atoms with Crippen molar-refractivity contribution < 1.29 is 4.79 Å². The fraction of sp³-hybridized carbons (Fsp3) is 0.857. The molecule has 1 fully saturated rings. The van der Waals surface area contributed by atoms with Crippen LogP contribution in [0.15, 0.2) is 0 Å². The molecule has 4 heteroatoms. The molecule has 1 aliphatic rings. The van der Waals surface area contributed by atoms with E-state index < -0.39 is 0 Å². The van der Waals surface area contributed by atoms with Crippen molar-refractivity contribution in [3.05, 3.63) is 0 Å². The van der Waals surface area contributed by atoms with Crippen LogP contribution in [0.1, 0.15) is 52.4 Å². The van der Waals surface area contributed by atoms with E-state index in [1.807, 2.05) is 0 Å². The molecule has 1 rings (SSSR count). The van der Waals surface area contributed by atoms with Crippen molar-refractivity contribution in [1.29, 1.82) is 5.26 Å². The van der Waals surface area contributed by atoms with Gasteiger partial charge in [0.1, 0.15) is 0 Å². The Labute approximate surface area is 110 Å². The van der Waals surface area contributed by atoms with Gasteiger partial charge in [-0.3, -0.25) is 9.69 Å². The van der Waals surface area contributed by atoms with E-state index in [0.29, 0.717) is 31.6 Å². The van der Waals surface area contributed by atoms with Crippen molar-refractivity contribution in [1.82, 2.24) is 10.2 Å². The maximum absolute atomic E-state index is 12.0. The van der Waals surface area contributed by atoms with Crippen molar-refractivity contribution in [2.24, 2.45) is 0 Å². The van der Waals surface area contributed by atoms with Gasteiger partial charge in [-0.15, -0.1) is 0 Å². The van der Waals surface area contributed by atoms with Crippen LogP contribution in [0.5, 0.6) is 0 Å². The lowest BCUT2D eigenvalue weighted by atomic mass is 9.95. The SMILES string of the molecule is CC(C)N(CCC#N)CC(=O)NC1CCCCC1. The molecule has 0 spiro atoms. The molecule has 0 aliphatic heterocycles. The predicted molar refractivity (Wildman–Crippen MR) is 72.0 cm³/mol. The third-order valence-electron chi connectivity index (χ3n) is 3.56. The summed E-state index contributed by atoms with van der Waals surface area (Å²) in [6, 6.07) is 2.81. The van der Waals surface area contributed by atoms with Crippen LogP contribution in [0.4, 0.5) is 0 Å². The minimum atomic E-state index is 0.105. The highest BCUT2D eigenvalue weighted by Gasteiger charge is 2.18. The lowest BCUT2D eigenvalue weighted by Gasteiger charge is -2.27. The molecule has 0 bridgehead atoms. The van der Waals surface area contributed by atoms with Gasteiger partial charge in [-0.2, -0.15) is 5.26 Å². The summed E-state index contributed by atoms with van der Waals surface area (Å²) in [5.41, 5.74) is 0. The van der Waals surface area contributed by atoms with Crippen LogP contribution >= 0.6 is 0 Å². The quantitative estimate of drug-likeness (QED) is 0.786. The second-order valence-electron chi connectivity index (χ2n) is 5.37. The fourth-order valence-electron chi connectivity index (χ4n) is 2.42. The van der Waals surface area contributed by atoms with E-state index in [1.54, 1.807) is 0 Å². The first-order valence-corrected chi connectivity index (χ1v) is 7.04. The molecule has 0 saturated heterocycles. The standard InChI is InChI=1S/C14H25N3O/c1-12(2)17(10-6-9-15)11-14(18)16-13-7-4-3-5-8-13/h12-13H,3-8,10-11H2,1-2H3,(H,16,18). The third kappa shape index (κ3) is 5.50. The second-order valence-corrected chi connectivity index (χ2v) is 5.37. The van der Waals surface area contributed by atoms with Crippen LogP contribution in [0, 0.1) is 11.3 Å². The summed E-state index contributed by atoms with van der Waals surface area (Å²) >= 11 is 0. The van der Waals surface area contributed by atoms with Gasteiger partial charge in [0.25, 0.3) is 0 Å². The monoisotopic (exact) mass is 251 g/mol. The molecule has 0 radical (unpaired) electrons. The minimum absolute atomic E-state index is 0.105. The molecule has 0 aromatic carbocycles. The van der Waals surface area contributed by atoms with E-state index in [1.165, 1.54) is 19.3 Å². The van der Waals surface area contributed by atoms with Crippen molar-refractivity contribution in [2.45, 2.75) is 64.5 Å². The van der Waals surface area contributed by atoms with E-state index in [4.69, 9.17) is 5.26 Å². The smallest absolute Gasteiger partial charge is 0.234 e. The summed E-state index contributed by atoms with van der Waals surface area (Å²) in [5.74, 6) is 0.105. The van der Waals surface area contributed by atoms with Crippen molar-refractivity contribution >= 4 is 5.91 Å². The Bertz CT molecular complexity index is 290. The largest absolute Gasteiger partial charge is 0.352 e. The number of rotatable bonds is 6. The van der Waals surface area contributed by atoms with Gasteiger partial charge in [0.2, 0.25) is 5.91 Å². The molecule has 1 N–H and O–H groups in total. The maximum Gasteiger partial charge on any atom is 0.234 e. The van der Waals surface area contributed by atoms with E-state index >= 15 is 0 Å². The topological polar surface area (TPSA) is 56.1 Å². The number of hydrogen-bond acceptors (Lipinski definition) is 3. The predicted octanol–water partition coefficient (Wildman–Crippen LogP) is 2.06. The first-order valence-electron chi connectivity index (χ1n) is 7.04. The zero-order valence-corrected chi connectivity index (χ0v) is 11.6. The summed E-state index contributed by atoms with van der Waals surface area (Å²) in [4.78, 5) is 14.0. The number of hydrogen-bond donors (Lipinski definition) is 1. The molecule has 0 atom stereocenters. The normalized spacial score (nSPS) is 16.8. The summed E-state index contributed by atoms with van der Waals surface area (Å²) in [5, 5.41) is 11.7. The fourth-order valence-corrected chi connectivity index (χ4v) is 2.42. The molecule has 102 valence electrons. The molecule has 1 saturated carbocycles. The third-order valence-corrected chi connectivity index (χ3v) is 3.56. The number of nitriles is 1. The van der Waals surface area contributed by atoms with E-state index in [0.717, 1.165) is 12.8 Å². The molecule has 0 aromatic heterocycles. The highest BCUT2D eigenvalue weighted by atomic mass is 16.2. The van der Waals surface area contributed by atoms with E-state index in [9.17, 15) is 4.79 Å². The molecule has 0 aromatic rings. The lowest BCUT2D eigenvalue weighted by molar-refractivity contribution is -0.123. The van der Waals surface area contributed by atoms with Gasteiger partial charge in [0.05, 0.1) is 12.6 Å². The molecular formula is C14H25N3O. The minimum Gasteiger partial charge on any atom is -0.352 e. The van der Waals surface area contributed by atoms with Gasteiger partial charge in [-0.1, -0.05) is 19.3 Å². The van der Waals surface area contributed by atoms with Crippen molar-refractivity contribution in [3.8, 4) is 6.07 Å². The Kier molecular flexibility index (Phi) is 6.74. The maximum atomic E-state index is 12.0. The Hall–Kier alpha value is -1.08. The molecule has 1 aliphatic carbocycles. The van der Waals surface area contributed by atoms with Gasteiger partial charge in [0.15, 0.2) is 0 Å². The molecule has 4 nitrogen and oxygen atoms in total. The number of nitrogens with zero attached hydrogens (tertiary/aromatic N) is 2. The average Bonchev–Trinajstić information content (AvgIpc) is 2.35. The highest BCUT2D eigenvalue weighted by Crippen LogP contribution is 2.17. The molecule has 0 unspecified atom stereocenters. The second kappa shape index (κ2) is 8.10. The van der Waals surface area contributed by atoms with Gasteiger partial charge < -0.3 is 5.32 Å². The number of nitrogens with one attached hydrogen (secondary N) is 1. The molecular weight excluding hydrogens is 226 g/mol. The zero-order valence-electron chi connectivity index (χ0n) is 11.6. The lowest BCUT2D eigenvalue weighted by Crippen LogP contribution is -2.45. The Balaban J connectivity index is 2.33. The van der Waals surface area contributed by atoms with Crippen LogP contribution < -0.4 is 5.32 Å². The highest BCUT2D eigenvalue weighted by molar-refractivity contribution is 5.78. The number of carbonyl (C=O) groups excluding carboxylic acids is 1. The van der Waals surface area contributed by atoms with Gasteiger partial charge in [0, 0.05) is 25.0 Å². The summed E-state index contributed by atoms with van der Waals surface area (Å²) in [6.45, 7) is 5.21. The van der Waals surface area contributed by atoms with Gasteiger partial charge in [-0.05, 0) is 26.7 Å². The molecule has 1 amide bonds. The Morgan fingerprint density at radius 3 is 2.61 bits per heavy atom. The Morgan fingerprint density at radius 2 is 2.06 bits per heavy atom. The summed E-state index contributed by atoms with van der Waals surface area (Å²) < 4.78 is 0. The first kappa shape index (κ1) is 15.0. The Morgan fingerprint density at radius 1 is 1.39 bits per heavy atom. The van der Waals surface area contributed by atoms with Crippen LogP contribution in [0.3, 0.4) is 0 Å². The van der Waals surface area contributed by atoms with E-state index in [2.05, 4.69) is 30.1 Å². The average molecular weight is 251 g/mol. The van der Waals surface area contributed by atoms with Crippen molar-refractivity contribution in [2.75, 3.05) is 13.1 Å². The van der Waals surface area contributed by atoms with Crippen molar-refractivity contribution in [3.63, 3.8) is 0 Å².